The Balaban J connectivity index is 1.68. The third-order valence-electron chi connectivity index (χ3n) is 5.43. The molecule has 4 rings (SSSR count). The van der Waals surface area contributed by atoms with Crippen LogP contribution in [0.4, 0.5) is 0 Å². The summed E-state index contributed by atoms with van der Waals surface area (Å²) in [4.78, 5) is 19.4. The number of methoxy groups -OCH3 is 2. The molecule has 1 atom stereocenters. The van der Waals surface area contributed by atoms with Gasteiger partial charge in [-0.15, -0.1) is 0 Å². The summed E-state index contributed by atoms with van der Waals surface area (Å²) in [5.41, 5.74) is 3.29. The maximum atomic E-state index is 13.2. The Bertz CT molecular complexity index is 1030. The first kappa shape index (κ1) is 19.9. The maximum Gasteiger partial charge on any atom is 0.227 e. The van der Waals surface area contributed by atoms with Crippen molar-refractivity contribution in [1.29, 1.82) is 0 Å². The van der Waals surface area contributed by atoms with Crippen molar-refractivity contribution in [3.8, 4) is 11.5 Å². The molecule has 0 bridgehead atoms. The predicted octanol–water partition coefficient (Wildman–Crippen LogP) is 3.50. The standard InChI is InChI=1S/C23H25N3O4/c1-15-24-21(30-25-15)9-10-22(27)26-12-11-17-13-19(28-2)20(29-3)14-18(17)23(26)16-7-5-4-6-8-16/h4-8,13-14,23H,9-12H2,1-3H3. The molecule has 1 aliphatic rings. The lowest BCUT2D eigenvalue weighted by Crippen LogP contribution is -2.40. The van der Waals surface area contributed by atoms with Crippen LogP contribution in [0.3, 0.4) is 0 Å². The fourth-order valence-electron chi connectivity index (χ4n) is 4.01. The van der Waals surface area contributed by atoms with E-state index < -0.39 is 0 Å². The van der Waals surface area contributed by atoms with Gasteiger partial charge in [-0.1, -0.05) is 35.5 Å². The molecule has 30 heavy (non-hydrogen) atoms. The number of fused-ring (bicyclic) bond motifs is 1. The van der Waals surface area contributed by atoms with Crippen LogP contribution < -0.4 is 9.47 Å². The number of carbonyl (C=O) groups excluding carboxylic acids is 1. The van der Waals surface area contributed by atoms with E-state index >= 15 is 0 Å². The van der Waals surface area contributed by atoms with E-state index in [0.29, 0.717) is 42.6 Å². The molecule has 0 aliphatic carbocycles. The van der Waals surface area contributed by atoms with Crippen LogP contribution in [0.25, 0.3) is 0 Å². The molecule has 2 aromatic carbocycles. The molecule has 1 unspecified atom stereocenters. The van der Waals surface area contributed by atoms with Gasteiger partial charge in [0.05, 0.1) is 20.3 Å². The van der Waals surface area contributed by atoms with Crippen molar-refractivity contribution in [1.82, 2.24) is 15.0 Å². The fraction of sp³-hybridized carbons (Fsp3) is 0.348. The number of aryl methyl sites for hydroxylation is 2. The molecular weight excluding hydrogens is 382 g/mol. The number of benzene rings is 2. The van der Waals surface area contributed by atoms with Gasteiger partial charge in [0.2, 0.25) is 11.8 Å². The number of hydrogen-bond acceptors (Lipinski definition) is 6. The topological polar surface area (TPSA) is 77.7 Å². The Morgan fingerprint density at radius 1 is 1.17 bits per heavy atom. The van der Waals surface area contributed by atoms with Crippen LogP contribution in [-0.4, -0.2) is 41.7 Å². The van der Waals surface area contributed by atoms with E-state index in [9.17, 15) is 4.79 Å². The molecule has 1 amide bonds. The zero-order chi connectivity index (χ0) is 21.1. The van der Waals surface area contributed by atoms with Gasteiger partial charge in [-0.3, -0.25) is 4.79 Å². The number of amides is 1. The zero-order valence-corrected chi connectivity index (χ0v) is 17.4. The number of ether oxygens (including phenoxy) is 2. The van der Waals surface area contributed by atoms with Crippen molar-refractivity contribution >= 4 is 5.91 Å². The number of hydrogen-bond donors (Lipinski definition) is 0. The third kappa shape index (κ3) is 3.87. The molecule has 0 saturated heterocycles. The summed E-state index contributed by atoms with van der Waals surface area (Å²) in [6.45, 7) is 2.40. The van der Waals surface area contributed by atoms with Crippen LogP contribution in [0.15, 0.2) is 47.0 Å². The molecule has 0 fully saturated rings. The van der Waals surface area contributed by atoms with Crippen molar-refractivity contribution in [2.75, 3.05) is 20.8 Å². The normalized spacial score (nSPS) is 15.6. The summed E-state index contributed by atoms with van der Waals surface area (Å²) in [5.74, 6) is 2.48. The van der Waals surface area contributed by atoms with Gasteiger partial charge in [0.1, 0.15) is 0 Å². The highest BCUT2D eigenvalue weighted by atomic mass is 16.5. The average Bonchev–Trinajstić information content (AvgIpc) is 3.21. The van der Waals surface area contributed by atoms with Crippen molar-refractivity contribution in [3.63, 3.8) is 0 Å². The number of rotatable bonds is 6. The van der Waals surface area contributed by atoms with E-state index in [1.807, 2.05) is 35.2 Å². The van der Waals surface area contributed by atoms with Crippen LogP contribution in [0, 0.1) is 6.92 Å². The van der Waals surface area contributed by atoms with Crippen molar-refractivity contribution in [2.24, 2.45) is 0 Å². The van der Waals surface area contributed by atoms with E-state index in [1.165, 1.54) is 0 Å². The third-order valence-corrected chi connectivity index (χ3v) is 5.43. The van der Waals surface area contributed by atoms with Gasteiger partial charge >= 0.3 is 0 Å². The van der Waals surface area contributed by atoms with E-state index in [0.717, 1.165) is 23.1 Å². The molecule has 0 spiro atoms. The highest BCUT2D eigenvalue weighted by molar-refractivity contribution is 5.78. The Morgan fingerprint density at radius 2 is 1.90 bits per heavy atom. The van der Waals surface area contributed by atoms with Crippen LogP contribution in [0.1, 0.15) is 40.9 Å². The van der Waals surface area contributed by atoms with Gasteiger partial charge in [0, 0.05) is 19.4 Å². The van der Waals surface area contributed by atoms with E-state index in [-0.39, 0.29) is 11.9 Å². The Hall–Kier alpha value is -3.35. The van der Waals surface area contributed by atoms with Crippen molar-refractivity contribution in [3.05, 3.63) is 70.9 Å². The summed E-state index contributed by atoms with van der Waals surface area (Å²) in [6, 6.07) is 13.9. The second-order valence-corrected chi connectivity index (χ2v) is 7.29. The van der Waals surface area contributed by atoms with Gasteiger partial charge in [-0.25, -0.2) is 0 Å². The highest BCUT2D eigenvalue weighted by Gasteiger charge is 2.33. The first-order valence-electron chi connectivity index (χ1n) is 9.99. The lowest BCUT2D eigenvalue weighted by Gasteiger charge is -2.38. The van der Waals surface area contributed by atoms with Crippen LogP contribution in [-0.2, 0) is 17.6 Å². The molecule has 0 N–H and O–H groups in total. The summed E-state index contributed by atoms with van der Waals surface area (Å²) >= 11 is 0. The summed E-state index contributed by atoms with van der Waals surface area (Å²) in [5, 5.41) is 3.80. The lowest BCUT2D eigenvalue weighted by atomic mass is 9.87. The van der Waals surface area contributed by atoms with Crippen molar-refractivity contribution in [2.45, 2.75) is 32.2 Å². The SMILES string of the molecule is COc1cc2c(cc1OC)C(c1ccccc1)N(C(=O)CCc1nc(C)no1)CC2. The van der Waals surface area contributed by atoms with E-state index in [4.69, 9.17) is 14.0 Å². The minimum atomic E-state index is -0.188. The quantitative estimate of drug-likeness (QED) is 0.622. The first-order valence-corrected chi connectivity index (χ1v) is 9.99. The second kappa shape index (κ2) is 8.57. The summed E-state index contributed by atoms with van der Waals surface area (Å²) < 4.78 is 16.2. The van der Waals surface area contributed by atoms with E-state index in [1.54, 1.807) is 21.1 Å². The number of carbonyl (C=O) groups is 1. The minimum absolute atomic E-state index is 0.0557. The predicted molar refractivity (Wildman–Crippen MR) is 111 cm³/mol. The molecule has 1 aliphatic heterocycles. The van der Waals surface area contributed by atoms with Gasteiger partial charge in [-0.2, -0.15) is 4.98 Å². The Morgan fingerprint density at radius 3 is 2.57 bits per heavy atom. The highest BCUT2D eigenvalue weighted by Crippen LogP contribution is 2.41. The molecule has 2 heterocycles. The Kier molecular flexibility index (Phi) is 5.70. The molecule has 0 saturated carbocycles. The second-order valence-electron chi connectivity index (χ2n) is 7.29. The summed E-state index contributed by atoms with van der Waals surface area (Å²) in [6.07, 6.45) is 1.49. The molecule has 7 nitrogen and oxygen atoms in total. The first-order chi connectivity index (χ1) is 14.6. The monoisotopic (exact) mass is 407 g/mol. The van der Waals surface area contributed by atoms with E-state index in [2.05, 4.69) is 22.3 Å². The molecular formula is C23H25N3O4. The van der Waals surface area contributed by atoms with Gasteiger partial charge < -0.3 is 18.9 Å². The number of nitrogens with zero attached hydrogens (tertiary/aromatic N) is 3. The van der Waals surface area contributed by atoms with Crippen LogP contribution >= 0.6 is 0 Å². The molecule has 1 aromatic heterocycles. The van der Waals surface area contributed by atoms with Crippen molar-refractivity contribution < 1.29 is 18.8 Å². The van der Waals surface area contributed by atoms with Crippen LogP contribution in [0.2, 0.25) is 0 Å². The fourth-order valence-corrected chi connectivity index (χ4v) is 4.01. The summed E-state index contributed by atoms with van der Waals surface area (Å²) in [7, 11) is 3.26. The van der Waals surface area contributed by atoms with Gasteiger partial charge in [0.25, 0.3) is 0 Å². The molecule has 7 heteroatoms. The molecule has 3 aromatic rings. The Labute approximate surface area is 175 Å². The van der Waals surface area contributed by atoms with Crippen LogP contribution in [0.5, 0.6) is 11.5 Å². The smallest absolute Gasteiger partial charge is 0.227 e. The van der Waals surface area contributed by atoms with Gasteiger partial charge in [-0.05, 0) is 42.2 Å². The minimum Gasteiger partial charge on any atom is -0.493 e. The zero-order valence-electron chi connectivity index (χ0n) is 17.4. The van der Waals surface area contributed by atoms with Gasteiger partial charge in [0.15, 0.2) is 17.3 Å². The largest absolute Gasteiger partial charge is 0.493 e. The maximum absolute atomic E-state index is 13.2. The lowest BCUT2D eigenvalue weighted by molar-refractivity contribution is -0.133. The number of aromatic nitrogens is 2. The average molecular weight is 407 g/mol. The molecule has 0 radical (unpaired) electrons. The molecule has 156 valence electrons.